The Labute approximate surface area is 166 Å². The number of benzene rings is 2. The number of nitrogens with one attached hydrogen (secondary N) is 2. The molecule has 28 heavy (non-hydrogen) atoms. The van der Waals surface area contributed by atoms with Crippen LogP contribution in [0, 0.1) is 5.92 Å². The first-order valence-electron chi connectivity index (χ1n) is 9.40. The number of hydrogen-bond donors (Lipinski definition) is 2. The van der Waals surface area contributed by atoms with Crippen LogP contribution in [0.4, 0.5) is 0 Å². The summed E-state index contributed by atoms with van der Waals surface area (Å²) in [7, 11) is 0. The van der Waals surface area contributed by atoms with Gasteiger partial charge in [0.25, 0.3) is 11.8 Å². The predicted octanol–water partition coefficient (Wildman–Crippen LogP) is 3.68. The third-order valence-electron chi connectivity index (χ3n) is 3.89. The van der Waals surface area contributed by atoms with E-state index in [9.17, 15) is 9.59 Å². The van der Waals surface area contributed by atoms with Gasteiger partial charge in [0.15, 0.2) is 6.61 Å². The Morgan fingerprint density at radius 2 is 1.68 bits per heavy atom. The Kier molecular flexibility index (Phi) is 7.87. The summed E-state index contributed by atoms with van der Waals surface area (Å²) < 4.78 is 11.2. The molecule has 0 bridgehead atoms. The van der Waals surface area contributed by atoms with E-state index in [1.165, 1.54) is 0 Å². The average molecular weight is 384 g/mol. The van der Waals surface area contributed by atoms with Gasteiger partial charge in [-0.05, 0) is 41.7 Å². The number of hydrazine groups is 1. The predicted molar refractivity (Wildman–Crippen MR) is 108 cm³/mol. The zero-order chi connectivity index (χ0) is 20.5. The molecule has 0 radical (unpaired) electrons. The Bertz CT molecular complexity index is 803. The summed E-state index contributed by atoms with van der Waals surface area (Å²) in [4.78, 5) is 24.2. The van der Waals surface area contributed by atoms with Gasteiger partial charge >= 0.3 is 0 Å². The van der Waals surface area contributed by atoms with Crippen molar-refractivity contribution in [2.45, 2.75) is 33.6 Å². The molecular formula is C22H28N2O4. The SMILES string of the molecule is CC(C)COc1cccc(C(=O)NNC(=O)COc2ccccc2C(C)C)c1. The van der Waals surface area contributed by atoms with E-state index in [-0.39, 0.29) is 12.5 Å². The Morgan fingerprint density at radius 3 is 2.39 bits per heavy atom. The number of hydrogen-bond acceptors (Lipinski definition) is 4. The van der Waals surface area contributed by atoms with E-state index in [0.717, 1.165) is 5.56 Å². The zero-order valence-electron chi connectivity index (χ0n) is 16.8. The topological polar surface area (TPSA) is 76.7 Å². The van der Waals surface area contributed by atoms with Crippen molar-refractivity contribution in [3.05, 3.63) is 59.7 Å². The van der Waals surface area contributed by atoms with E-state index in [2.05, 4.69) is 24.7 Å². The Hall–Kier alpha value is -3.02. The Morgan fingerprint density at radius 1 is 0.929 bits per heavy atom. The number of ether oxygens (including phenoxy) is 2. The lowest BCUT2D eigenvalue weighted by Gasteiger charge is -2.14. The number of carbonyl (C=O) groups is 2. The largest absolute Gasteiger partial charge is 0.493 e. The molecule has 0 aromatic heterocycles. The molecule has 150 valence electrons. The fraction of sp³-hybridized carbons (Fsp3) is 0.364. The van der Waals surface area contributed by atoms with Gasteiger partial charge in [-0.15, -0.1) is 0 Å². The highest BCUT2D eigenvalue weighted by Crippen LogP contribution is 2.25. The molecule has 0 saturated heterocycles. The maximum absolute atomic E-state index is 12.2. The summed E-state index contributed by atoms with van der Waals surface area (Å²) >= 11 is 0. The first-order valence-corrected chi connectivity index (χ1v) is 9.40. The van der Waals surface area contributed by atoms with Crippen LogP contribution in [0.25, 0.3) is 0 Å². The molecule has 2 amide bonds. The molecule has 0 saturated carbocycles. The number of para-hydroxylation sites is 1. The number of rotatable bonds is 8. The van der Waals surface area contributed by atoms with Crippen LogP contribution in [0.15, 0.2) is 48.5 Å². The molecule has 2 aromatic carbocycles. The van der Waals surface area contributed by atoms with Crippen molar-refractivity contribution in [2.75, 3.05) is 13.2 Å². The highest BCUT2D eigenvalue weighted by atomic mass is 16.5. The monoisotopic (exact) mass is 384 g/mol. The first kappa shape index (κ1) is 21.3. The molecule has 0 heterocycles. The fourth-order valence-corrected chi connectivity index (χ4v) is 2.46. The highest BCUT2D eigenvalue weighted by Gasteiger charge is 2.11. The van der Waals surface area contributed by atoms with Gasteiger partial charge in [-0.3, -0.25) is 20.4 Å². The van der Waals surface area contributed by atoms with Gasteiger partial charge < -0.3 is 9.47 Å². The molecule has 2 aromatic rings. The quantitative estimate of drug-likeness (QED) is 0.681. The Balaban J connectivity index is 1.84. The third-order valence-corrected chi connectivity index (χ3v) is 3.89. The lowest BCUT2D eigenvalue weighted by molar-refractivity contribution is -0.123. The molecular weight excluding hydrogens is 356 g/mol. The van der Waals surface area contributed by atoms with Crippen molar-refractivity contribution < 1.29 is 19.1 Å². The van der Waals surface area contributed by atoms with Crippen molar-refractivity contribution in [3.8, 4) is 11.5 Å². The van der Waals surface area contributed by atoms with Crippen LogP contribution in [-0.2, 0) is 4.79 Å². The van der Waals surface area contributed by atoms with E-state index in [4.69, 9.17) is 9.47 Å². The van der Waals surface area contributed by atoms with Crippen molar-refractivity contribution in [2.24, 2.45) is 5.92 Å². The van der Waals surface area contributed by atoms with E-state index < -0.39 is 11.8 Å². The lowest BCUT2D eigenvalue weighted by atomic mass is 10.0. The summed E-state index contributed by atoms with van der Waals surface area (Å²) in [6.07, 6.45) is 0. The van der Waals surface area contributed by atoms with E-state index >= 15 is 0 Å². The summed E-state index contributed by atoms with van der Waals surface area (Å²) in [5.74, 6) is 1.07. The molecule has 0 aliphatic rings. The maximum Gasteiger partial charge on any atom is 0.276 e. The fourth-order valence-electron chi connectivity index (χ4n) is 2.46. The van der Waals surface area contributed by atoms with E-state index in [0.29, 0.717) is 29.6 Å². The molecule has 2 rings (SSSR count). The van der Waals surface area contributed by atoms with Gasteiger partial charge in [-0.1, -0.05) is 52.0 Å². The van der Waals surface area contributed by atoms with Crippen LogP contribution >= 0.6 is 0 Å². The summed E-state index contributed by atoms with van der Waals surface area (Å²) in [6.45, 7) is 8.59. The van der Waals surface area contributed by atoms with Crippen LogP contribution in [0.1, 0.15) is 49.5 Å². The molecule has 0 aliphatic heterocycles. The molecule has 2 N–H and O–H groups in total. The van der Waals surface area contributed by atoms with Crippen LogP contribution < -0.4 is 20.3 Å². The van der Waals surface area contributed by atoms with Crippen LogP contribution in [0.2, 0.25) is 0 Å². The molecule has 0 atom stereocenters. The number of carbonyl (C=O) groups excluding carboxylic acids is 2. The van der Waals surface area contributed by atoms with Crippen LogP contribution in [0.5, 0.6) is 11.5 Å². The molecule has 0 fully saturated rings. The maximum atomic E-state index is 12.2. The third kappa shape index (κ3) is 6.61. The minimum Gasteiger partial charge on any atom is -0.493 e. The first-order chi connectivity index (χ1) is 13.4. The second-order valence-corrected chi connectivity index (χ2v) is 7.22. The second kappa shape index (κ2) is 10.3. The van der Waals surface area contributed by atoms with Crippen molar-refractivity contribution in [1.29, 1.82) is 0 Å². The van der Waals surface area contributed by atoms with Gasteiger partial charge in [0.1, 0.15) is 11.5 Å². The van der Waals surface area contributed by atoms with Gasteiger partial charge in [0, 0.05) is 5.56 Å². The standard InChI is InChI=1S/C22H28N2O4/c1-15(2)13-27-18-9-7-8-17(12-18)22(26)24-23-21(25)14-28-20-11-6-5-10-19(20)16(3)4/h5-12,15-16H,13-14H2,1-4H3,(H,23,25)(H,24,26). The van der Waals surface area contributed by atoms with Gasteiger partial charge in [0.2, 0.25) is 0 Å². The molecule has 0 unspecified atom stereocenters. The average Bonchev–Trinajstić information content (AvgIpc) is 2.69. The smallest absolute Gasteiger partial charge is 0.276 e. The van der Waals surface area contributed by atoms with Crippen molar-refractivity contribution in [1.82, 2.24) is 10.9 Å². The second-order valence-electron chi connectivity index (χ2n) is 7.22. The van der Waals surface area contributed by atoms with E-state index in [1.54, 1.807) is 24.3 Å². The van der Waals surface area contributed by atoms with Gasteiger partial charge in [0.05, 0.1) is 6.61 Å². The van der Waals surface area contributed by atoms with Gasteiger partial charge in [-0.25, -0.2) is 0 Å². The zero-order valence-corrected chi connectivity index (χ0v) is 16.8. The van der Waals surface area contributed by atoms with Gasteiger partial charge in [-0.2, -0.15) is 0 Å². The van der Waals surface area contributed by atoms with Crippen molar-refractivity contribution >= 4 is 11.8 Å². The minimum atomic E-state index is -0.445. The van der Waals surface area contributed by atoms with Crippen LogP contribution in [-0.4, -0.2) is 25.0 Å². The summed E-state index contributed by atoms with van der Waals surface area (Å²) in [5, 5.41) is 0. The molecule has 0 spiro atoms. The molecule has 0 aliphatic carbocycles. The summed E-state index contributed by atoms with van der Waals surface area (Å²) in [6, 6.07) is 14.4. The lowest BCUT2D eigenvalue weighted by Crippen LogP contribution is -2.43. The van der Waals surface area contributed by atoms with Crippen LogP contribution in [0.3, 0.4) is 0 Å². The normalized spacial score (nSPS) is 10.6. The summed E-state index contributed by atoms with van der Waals surface area (Å²) in [5.41, 5.74) is 6.18. The minimum absolute atomic E-state index is 0.193. The molecule has 6 heteroatoms. The number of amides is 2. The highest BCUT2D eigenvalue weighted by molar-refractivity contribution is 5.95. The molecule has 6 nitrogen and oxygen atoms in total. The van der Waals surface area contributed by atoms with Crippen molar-refractivity contribution in [3.63, 3.8) is 0 Å². The van der Waals surface area contributed by atoms with E-state index in [1.807, 2.05) is 38.1 Å².